The fourth-order valence-electron chi connectivity index (χ4n) is 2.32. The Kier molecular flexibility index (Phi) is 5.06. The third-order valence-electron chi connectivity index (χ3n) is 3.34. The van der Waals surface area contributed by atoms with Gasteiger partial charge in [0.25, 0.3) is 0 Å². The van der Waals surface area contributed by atoms with Crippen LogP contribution in [0.25, 0.3) is 0 Å². The van der Waals surface area contributed by atoms with Gasteiger partial charge in [-0.15, -0.1) is 12.4 Å². The molecule has 0 aromatic heterocycles. The summed E-state index contributed by atoms with van der Waals surface area (Å²) >= 11 is 0. The van der Waals surface area contributed by atoms with Gasteiger partial charge in [0.2, 0.25) is 0 Å². The fourth-order valence-corrected chi connectivity index (χ4v) is 2.32. The summed E-state index contributed by atoms with van der Waals surface area (Å²) in [6, 6.07) is 17.6. The summed E-state index contributed by atoms with van der Waals surface area (Å²) in [5, 5.41) is 6.14. The minimum atomic E-state index is -0.391. The number of para-hydroxylation sites is 1. The van der Waals surface area contributed by atoms with Crippen LogP contribution in [-0.2, 0) is 11.3 Å². The van der Waals surface area contributed by atoms with Crippen LogP contribution in [0, 0.1) is 0 Å². The summed E-state index contributed by atoms with van der Waals surface area (Å²) in [6.07, 6.45) is -0.391. The highest BCUT2D eigenvalue weighted by molar-refractivity contribution is 5.85. The predicted molar refractivity (Wildman–Crippen MR) is 84.7 cm³/mol. The van der Waals surface area contributed by atoms with Gasteiger partial charge >= 0.3 is 6.09 Å². The molecule has 0 fully saturated rings. The van der Waals surface area contributed by atoms with Gasteiger partial charge in [0.15, 0.2) is 0 Å². The smallest absolute Gasteiger partial charge is 0.408 e. The number of rotatable bonds is 3. The van der Waals surface area contributed by atoms with Gasteiger partial charge in [-0.3, -0.25) is 0 Å². The largest absolute Gasteiger partial charge is 0.445 e. The predicted octanol–water partition coefficient (Wildman–Crippen LogP) is 3.50. The molecule has 0 radical (unpaired) electrons. The van der Waals surface area contributed by atoms with Gasteiger partial charge in [-0.2, -0.15) is 0 Å². The van der Waals surface area contributed by atoms with Crippen LogP contribution in [0.2, 0.25) is 0 Å². The minimum absolute atomic E-state index is 0. The number of hydrogen-bond donors (Lipinski definition) is 2. The first-order valence-electron chi connectivity index (χ1n) is 6.63. The van der Waals surface area contributed by atoms with E-state index in [4.69, 9.17) is 4.74 Å². The summed E-state index contributed by atoms with van der Waals surface area (Å²) in [5.41, 5.74) is 3.15. The van der Waals surface area contributed by atoms with Crippen molar-refractivity contribution in [2.24, 2.45) is 0 Å². The monoisotopic (exact) mass is 304 g/mol. The van der Waals surface area contributed by atoms with Crippen molar-refractivity contribution in [3.05, 3.63) is 65.7 Å². The molecule has 2 aromatic rings. The van der Waals surface area contributed by atoms with E-state index >= 15 is 0 Å². The number of ether oxygens (including phenoxy) is 1. The number of alkyl carbamates (subject to hydrolysis) is 1. The molecule has 4 nitrogen and oxygen atoms in total. The zero-order chi connectivity index (χ0) is 13.8. The SMILES string of the molecule is Cl.O=C(NC1CNc2ccccc21)OCc1ccccc1. The normalized spacial score (nSPS) is 15.3. The molecule has 3 rings (SSSR count). The van der Waals surface area contributed by atoms with Crippen molar-refractivity contribution in [3.8, 4) is 0 Å². The number of halogens is 1. The second-order valence-corrected chi connectivity index (χ2v) is 4.73. The first-order chi connectivity index (χ1) is 9.83. The number of carbonyl (C=O) groups is 1. The third kappa shape index (κ3) is 3.67. The lowest BCUT2D eigenvalue weighted by molar-refractivity contribution is 0.136. The molecule has 1 aliphatic rings. The maximum absolute atomic E-state index is 11.8. The van der Waals surface area contributed by atoms with E-state index in [0.29, 0.717) is 6.54 Å². The lowest BCUT2D eigenvalue weighted by Gasteiger charge is -2.13. The molecule has 0 saturated carbocycles. The van der Waals surface area contributed by atoms with E-state index in [1.165, 1.54) is 0 Å². The highest BCUT2D eigenvalue weighted by atomic mass is 35.5. The Balaban J connectivity index is 0.00000161. The van der Waals surface area contributed by atoms with Gasteiger partial charge in [0, 0.05) is 12.2 Å². The highest BCUT2D eigenvalue weighted by Crippen LogP contribution is 2.28. The van der Waals surface area contributed by atoms with Crippen LogP contribution in [0.1, 0.15) is 17.2 Å². The molecule has 1 amide bonds. The van der Waals surface area contributed by atoms with Crippen molar-refractivity contribution in [3.63, 3.8) is 0 Å². The van der Waals surface area contributed by atoms with Crippen LogP contribution in [0.15, 0.2) is 54.6 Å². The molecule has 0 saturated heterocycles. The number of amides is 1. The molecule has 0 spiro atoms. The first kappa shape index (κ1) is 15.2. The number of fused-ring (bicyclic) bond motifs is 1. The number of nitrogens with one attached hydrogen (secondary N) is 2. The average Bonchev–Trinajstić information content (AvgIpc) is 2.90. The molecule has 1 unspecified atom stereocenters. The van der Waals surface area contributed by atoms with Crippen LogP contribution >= 0.6 is 12.4 Å². The van der Waals surface area contributed by atoms with Crippen LogP contribution in [0.4, 0.5) is 10.5 Å². The molecule has 2 N–H and O–H groups in total. The van der Waals surface area contributed by atoms with Gasteiger partial charge in [-0.25, -0.2) is 4.79 Å². The number of benzene rings is 2. The van der Waals surface area contributed by atoms with Gasteiger partial charge in [-0.1, -0.05) is 48.5 Å². The Morgan fingerprint density at radius 3 is 2.67 bits per heavy atom. The van der Waals surface area contributed by atoms with Crippen molar-refractivity contribution in [1.29, 1.82) is 0 Å². The summed E-state index contributed by atoms with van der Waals surface area (Å²) in [7, 11) is 0. The molecular weight excluding hydrogens is 288 g/mol. The third-order valence-corrected chi connectivity index (χ3v) is 3.34. The van der Waals surface area contributed by atoms with E-state index in [0.717, 1.165) is 16.8 Å². The molecule has 110 valence electrons. The Morgan fingerprint density at radius 1 is 1.14 bits per heavy atom. The van der Waals surface area contributed by atoms with Gasteiger partial charge in [-0.05, 0) is 17.2 Å². The summed E-state index contributed by atoms with van der Waals surface area (Å²) in [6.45, 7) is 0.980. The highest BCUT2D eigenvalue weighted by Gasteiger charge is 2.23. The van der Waals surface area contributed by atoms with Crippen molar-refractivity contribution in [1.82, 2.24) is 5.32 Å². The molecule has 0 aliphatic carbocycles. The molecule has 5 heteroatoms. The van der Waals surface area contributed by atoms with Crippen LogP contribution in [-0.4, -0.2) is 12.6 Å². The van der Waals surface area contributed by atoms with E-state index in [1.807, 2.05) is 54.6 Å². The zero-order valence-electron chi connectivity index (χ0n) is 11.4. The molecule has 21 heavy (non-hydrogen) atoms. The Labute approximate surface area is 129 Å². The van der Waals surface area contributed by atoms with Crippen molar-refractivity contribution in [2.75, 3.05) is 11.9 Å². The second kappa shape index (κ2) is 6.99. The molecule has 1 atom stereocenters. The van der Waals surface area contributed by atoms with E-state index in [2.05, 4.69) is 10.6 Å². The zero-order valence-corrected chi connectivity index (χ0v) is 12.2. The lowest BCUT2D eigenvalue weighted by atomic mass is 10.1. The van der Waals surface area contributed by atoms with Crippen LogP contribution < -0.4 is 10.6 Å². The fraction of sp³-hybridized carbons (Fsp3) is 0.188. The summed E-state index contributed by atoms with van der Waals surface area (Å²) in [4.78, 5) is 11.8. The number of hydrogen-bond acceptors (Lipinski definition) is 3. The van der Waals surface area contributed by atoms with Crippen molar-refractivity contribution >= 4 is 24.2 Å². The van der Waals surface area contributed by atoms with Gasteiger partial charge in [0.05, 0.1) is 6.04 Å². The van der Waals surface area contributed by atoms with E-state index in [1.54, 1.807) is 0 Å². The Hall–Kier alpha value is -2.20. The number of anilines is 1. The first-order valence-corrected chi connectivity index (χ1v) is 6.63. The molecule has 2 aromatic carbocycles. The average molecular weight is 305 g/mol. The van der Waals surface area contributed by atoms with Crippen LogP contribution in [0.3, 0.4) is 0 Å². The molecule has 1 heterocycles. The van der Waals surface area contributed by atoms with E-state index in [9.17, 15) is 4.79 Å². The van der Waals surface area contributed by atoms with E-state index < -0.39 is 6.09 Å². The molecular formula is C16H17ClN2O2. The second-order valence-electron chi connectivity index (χ2n) is 4.73. The summed E-state index contributed by atoms with van der Waals surface area (Å²) in [5.74, 6) is 0. The van der Waals surface area contributed by atoms with Crippen LogP contribution in [0.5, 0.6) is 0 Å². The minimum Gasteiger partial charge on any atom is -0.445 e. The standard InChI is InChI=1S/C16H16N2O2.ClH/c19-16(20-11-12-6-2-1-3-7-12)18-15-10-17-14-9-5-4-8-13(14)15;/h1-9,15,17H,10-11H2,(H,18,19);1H. The molecule has 1 aliphatic heterocycles. The Morgan fingerprint density at radius 2 is 1.86 bits per heavy atom. The maximum atomic E-state index is 11.8. The number of carbonyl (C=O) groups excluding carboxylic acids is 1. The van der Waals surface area contributed by atoms with Gasteiger partial charge < -0.3 is 15.4 Å². The van der Waals surface area contributed by atoms with Crippen molar-refractivity contribution < 1.29 is 9.53 Å². The molecule has 0 bridgehead atoms. The van der Waals surface area contributed by atoms with E-state index in [-0.39, 0.29) is 25.1 Å². The summed E-state index contributed by atoms with van der Waals surface area (Å²) < 4.78 is 5.23. The van der Waals surface area contributed by atoms with Gasteiger partial charge in [0.1, 0.15) is 6.61 Å². The Bertz CT molecular complexity index is 604. The maximum Gasteiger partial charge on any atom is 0.408 e. The quantitative estimate of drug-likeness (QED) is 0.912. The topological polar surface area (TPSA) is 50.4 Å². The van der Waals surface area contributed by atoms with Crippen molar-refractivity contribution in [2.45, 2.75) is 12.6 Å². The lowest BCUT2D eigenvalue weighted by Crippen LogP contribution is -2.30.